The van der Waals surface area contributed by atoms with Crippen LogP contribution in [0.25, 0.3) is 0 Å². The molecule has 2 saturated heterocycles. The van der Waals surface area contributed by atoms with Gasteiger partial charge in [-0.1, -0.05) is 5.16 Å². The molecule has 3 heterocycles. The summed E-state index contributed by atoms with van der Waals surface area (Å²) in [4.78, 5) is 4.30. The maximum Gasteiger partial charge on any atom is 0.240 e. The van der Waals surface area contributed by atoms with Gasteiger partial charge in [0.15, 0.2) is 15.7 Å². The Hall–Kier alpha value is -0.990. The highest BCUT2D eigenvalue weighted by Crippen LogP contribution is 2.16. The molecule has 2 atom stereocenters. The van der Waals surface area contributed by atoms with Gasteiger partial charge in [0.25, 0.3) is 0 Å². The van der Waals surface area contributed by atoms with E-state index in [4.69, 9.17) is 9.26 Å². The Morgan fingerprint density at radius 2 is 2.25 bits per heavy atom. The molecule has 8 heteroatoms. The van der Waals surface area contributed by atoms with Gasteiger partial charge in [0.2, 0.25) is 5.89 Å². The van der Waals surface area contributed by atoms with E-state index in [0.717, 1.165) is 19.4 Å². The number of hydrogen-bond acceptors (Lipinski definition) is 7. The quantitative estimate of drug-likeness (QED) is 0.822. The van der Waals surface area contributed by atoms with Crippen LogP contribution in [0.5, 0.6) is 0 Å². The zero-order chi connectivity index (χ0) is 14.0. The summed E-state index contributed by atoms with van der Waals surface area (Å²) in [5.74, 6) is 1.62. The molecule has 2 aliphatic heterocycles. The van der Waals surface area contributed by atoms with Gasteiger partial charge in [-0.15, -0.1) is 0 Å². The summed E-state index contributed by atoms with van der Waals surface area (Å²) in [6.45, 7) is 1.23. The van der Waals surface area contributed by atoms with Gasteiger partial charge in [0.1, 0.15) is 0 Å². The summed E-state index contributed by atoms with van der Waals surface area (Å²) in [7, 11) is -2.86. The van der Waals surface area contributed by atoms with E-state index in [-0.39, 0.29) is 23.7 Å². The molecular weight excluding hydrogens is 282 g/mol. The van der Waals surface area contributed by atoms with Crippen LogP contribution in [0.1, 0.15) is 31.0 Å². The second-order valence-electron chi connectivity index (χ2n) is 5.42. The van der Waals surface area contributed by atoms with Crippen molar-refractivity contribution in [2.75, 3.05) is 18.1 Å². The lowest BCUT2D eigenvalue weighted by Gasteiger charge is -2.07. The standard InChI is InChI=1S/C12H19N3O4S/c16-20(17)5-3-9(8-20)13-7-12-14-11(15-19-12)6-10-2-1-4-18-10/h9-10,13H,1-8H2. The molecule has 0 aliphatic carbocycles. The molecule has 20 heavy (non-hydrogen) atoms. The van der Waals surface area contributed by atoms with Gasteiger partial charge < -0.3 is 14.6 Å². The van der Waals surface area contributed by atoms with Gasteiger partial charge in [-0.2, -0.15) is 4.98 Å². The lowest BCUT2D eigenvalue weighted by atomic mass is 10.2. The summed E-state index contributed by atoms with van der Waals surface area (Å²) in [5, 5.41) is 7.08. The summed E-state index contributed by atoms with van der Waals surface area (Å²) >= 11 is 0. The Balaban J connectivity index is 1.47. The molecule has 1 N–H and O–H groups in total. The van der Waals surface area contributed by atoms with E-state index in [1.165, 1.54) is 0 Å². The zero-order valence-corrected chi connectivity index (χ0v) is 12.1. The van der Waals surface area contributed by atoms with Crippen LogP contribution in [-0.4, -0.2) is 48.8 Å². The van der Waals surface area contributed by atoms with Crippen molar-refractivity contribution in [1.29, 1.82) is 0 Å². The Morgan fingerprint density at radius 3 is 2.95 bits per heavy atom. The molecule has 1 aromatic rings. The maximum atomic E-state index is 11.3. The van der Waals surface area contributed by atoms with Crippen LogP contribution in [0.4, 0.5) is 0 Å². The van der Waals surface area contributed by atoms with Gasteiger partial charge in [-0.05, 0) is 19.3 Å². The van der Waals surface area contributed by atoms with E-state index in [2.05, 4.69) is 15.5 Å². The fraction of sp³-hybridized carbons (Fsp3) is 0.833. The summed E-state index contributed by atoms with van der Waals surface area (Å²) in [5.41, 5.74) is 0. The number of aromatic nitrogens is 2. The smallest absolute Gasteiger partial charge is 0.240 e. The van der Waals surface area contributed by atoms with Crippen molar-refractivity contribution in [1.82, 2.24) is 15.5 Å². The van der Waals surface area contributed by atoms with E-state index < -0.39 is 9.84 Å². The SMILES string of the molecule is O=S1(=O)CCC(NCc2nc(CC3CCCO3)no2)C1. The van der Waals surface area contributed by atoms with Crippen molar-refractivity contribution in [3.63, 3.8) is 0 Å². The molecule has 0 spiro atoms. The predicted molar refractivity (Wildman–Crippen MR) is 70.9 cm³/mol. The lowest BCUT2D eigenvalue weighted by Crippen LogP contribution is -2.29. The number of nitrogens with zero attached hydrogens (tertiary/aromatic N) is 2. The van der Waals surface area contributed by atoms with Crippen LogP contribution in [0.3, 0.4) is 0 Å². The third-order valence-electron chi connectivity index (χ3n) is 3.72. The first-order valence-electron chi connectivity index (χ1n) is 6.97. The van der Waals surface area contributed by atoms with Crippen LogP contribution < -0.4 is 5.32 Å². The maximum absolute atomic E-state index is 11.3. The molecular formula is C12H19N3O4S. The van der Waals surface area contributed by atoms with Crippen molar-refractivity contribution in [2.45, 2.75) is 44.4 Å². The average molecular weight is 301 g/mol. The Labute approximate surface area is 118 Å². The molecule has 0 saturated carbocycles. The molecule has 0 radical (unpaired) electrons. The minimum Gasteiger partial charge on any atom is -0.378 e. The van der Waals surface area contributed by atoms with Gasteiger partial charge in [0.05, 0.1) is 24.2 Å². The molecule has 2 unspecified atom stereocenters. The molecule has 7 nitrogen and oxygen atoms in total. The highest BCUT2D eigenvalue weighted by Gasteiger charge is 2.27. The van der Waals surface area contributed by atoms with Crippen molar-refractivity contribution in [3.05, 3.63) is 11.7 Å². The van der Waals surface area contributed by atoms with Gasteiger partial charge >= 0.3 is 0 Å². The molecule has 112 valence electrons. The fourth-order valence-corrected chi connectivity index (χ4v) is 4.35. The minimum atomic E-state index is -2.86. The van der Waals surface area contributed by atoms with Crippen molar-refractivity contribution in [2.24, 2.45) is 0 Å². The Morgan fingerprint density at radius 1 is 1.35 bits per heavy atom. The predicted octanol–water partition coefficient (Wildman–Crippen LogP) is 0.0678. The number of hydrogen-bond donors (Lipinski definition) is 1. The van der Waals surface area contributed by atoms with E-state index in [0.29, 0.717) is 31.1 Å². The van der Waals surface area contributed by atoms with Gasteiger partial charge in [0, 0.05) is 19.1 Å². The third kappa shape index (κ3) is 3.56. The van der Waals surface area contributed by atoms with Crippen LogP contribution in [0, 0.1) is 0 Å². The largest absolute Gasteiger partial charge is 0.378 e. The normalized spacial score (nSPS) is 29.0. The molecule has 0 amide bonds. The molecule has 0 aromatic carbocycles. The molecule has 1 aromatic heterocycles. The molecule has 2 fully saturated rings. The van der Waals surface area contributed by atoms with E-state index in [1.54, 1.807) is 0 Å². The monoisotopic (exact) mass is 301 g/mol. The number of rotatable bonds is 5. The van der Waals surface area contributed by atoms with Crippen LogP contribution in [-0.2, 0) is 27.5 Å². The first kappa shape index (κ1) is 14.0. The highest BCUT2D eigenvalue weighted by molar-refractivity contribution is 7.91. The van der Waals surface area contributed by atoms with Crippen LogP contribution in [0.2, 0.25) is 0 Å². The van der Waals surface area contributed by atoms with Crippen LogP contribution in [0.15, 0.2) is 4.52 Å². The zero-order valence-electron chi connectivity index (χ0n) is 11.2. The topological polar surface area (TPSA) is 94.3 Å². The highest BCUT2D eigenvalue weighted by atomic mass is 32.2. The first-order valence-corrected chi connectivity index (χ1v) is 8.80. The van der Waals surface area contributed by atoms with Crippen LogP contribution >= 0.6 is 0 Å². The first-order chi connectivity index (χ1) is 9.61. The lowest BCUT2D eigenvalue weighted by molar-refractivity contribution is 0.109. The number of sulfone groups is 1. The van der Waals surface area contributed by atoms with Gasteiger partial charge in [-0.3, -0.25) is 0 Å². The average Bonchev–Trinajstić information content (AvgIpc) is 3.10. The Kier molecular flexibility index (Phi) is 4.04. The fourth-order valence-electron chi connectivity index (χ4n) is 2.64. The second-order valence-corrected chi connectivity index (χ2v) is 7.65. The summed E-state index contributed by atoms with van der Waals surface area (Å²) < 4.78 is 33.4. The van der Waals surface area contributed by atoms with E-state index in [1.807, 2.05) is 0 Å². The Bertz CT molecular complexity index is 551. The number of ether oxygens (including phenoxy) is 1. The third-order valence-corrected chi connectivity index (χ3v) is 5.49. The minimum absolute atomic E-state index is 0.00600. The second kappa shape index (κ2) is 5.79. The van der Waals surface area contributed by atoms with Crippen molar-refractivity contribution in [3.8, 4) is 0 Å². The van der Waals surface area contributed by atoms with Crippen molar-refractivity contribution >= 4 is 9.84 Å². The number of nitrogens with one attached hydrogen (secondary N) is 1. The van der Waals surface area contributed by atoms with E-state index in [9.17, 15) is 8.42 Å². The van der Waals surface area contributed by atoms with E-state index >= 15 is 0 Å². The van der Waals surface area contributed by atoms with Crippen molar-refractivity contribution < 1.29 is 17.7 Å². The summed E-state index contributed by atoms with van der Waals surface area (Å²) in [6, 6.07) is -0.00600. The van der Waals surface area contributed by atoms with Gasteiger partial charge in [-0.25, -0.2) is 8.42 Å². The molecule has 0 bridgehead atoms. The summed E-state index contributed by atoms with van der Waals surface area (Å²) in [6.07, 6.45) is 3.67. The molecule has 3 rings (SSSR count). The molecule has 2 aliphatic rings.